The van der Waals surface area contributed by atoms with E-state index >= 15 is 0 Å². The molecule has 0 radical (unpaired) electrons. The van der Waals surface area contributed by atoms with Gasteiger partial charge in [0.2, 0.25) is 0 Å². The van der Waals surface area contributed by atoms with Crippen LogP contribution in [0.1, 0.15) is 16.9 Å². The number of hydrogen-bond acceptors (Lipinski definition) is 5. The Bertz CT molecular complexity index is 668. The number of likely N-dealkylation sites (tertiary alicyclic amines) is 1. The Morgan fingerprint density at radius 3 is 3.09 bits per heavy atom. The molecule has 2 aromatic heterocycles. The summed E-state index contributed by atoms with van der Waals surface area (Å²) in [5.41, 5.74) is 0.249. The zero-order chi connectivity index (χ0) is 15.7. The van der Waals surface area contributed by atoms with Gasteiger partial charge in [0.25, 0.3) is 5.91 Å². The highest BCUT2D eigenvalue weighted by molar-refractivity contribution is 5.93. The van der Waals surface area contributed by atoms with Gasteiger partial charge in [-0.1, -0.05) is 0 Å². The van der Waals surface area contributed by atoms with Gasteiger partial charge >= 0.3 is 0 Å². The summed E-state index contributed by atoms with van der Waals surface area (Å²) < 4.78 is 11.8. The number of aromatic nitrogens is 3. The average molecular weight is 314 g/mol. The lowest BCUT2D eigenvalue weighted by atomic mass is 9.81. The van der Waals surface area contributed by atoms with E-state index in [1.165, 1.54) is 0 Å². The molecule has 2 aromatic rings. The van der Waals surface area contributed by atoms with Crippen molar-refractivity contribution in [2.24, 2.45) is 5.92 Å². The number of amides is 1. The van der Waals surface area contributed by atoms with Crippen LogP contribution in [-0.4, -0.2) is 57.9 Å². The smallest absolute Gasteiger partial charge is 0.272 e. The molecule has 23 heavy (non-hydrogen) atoms. The number of nitrogens with zero attached hydrogens (tertiary/aromatic N) is 3. The minimum absolute atomic E-state index is 0.0319. The number of nitrogens with one attached hydrogen (secondary N) is 1. The van der Waals surface area contributed by atoms with Gasteiger partial charge in [-0.15, -0.1) is 0 Å². The first-order chi connectivity index (χ1) is 11.3. The summed E-state index contributed by atoms with van der Waals surface area (Å²) in [4.78, 5) is 18.1. The molecule has 1 N–H and O–H groups in total. The highest BCUT2D eigenvalue weighted by Gasteiger charge is 2.54. The second kappa shape index (κ2) is 5.66. The Labute approximate surface area is 133 Å². The van der Waals surface area contributed by atoms with Crippen LogP contribution >= 0.6 is 0 Å². The molecule has 120 valence electrons. The largest absolute Gasteiger partial charge is 0.492 e. The Balaban J connectivity index is 1.36. The Morgan fingerprint density at radius 1 is 1.43 bits per heavy atom. The standard InChI is InChI=1S/C16H18N4O3/c21-15(14-3-6-18-19-14)20-10-16(11-20)12(4-7-23-16)9-22-13-2-1-5-17-8-13/h1-3,5-6,8,12H,4,7,9-11H2,(H,18,19). The van der Waals surface area contributed by atoms with Crippen LogP contribution in [0.4, 0.5) is 0 Å². The molecule has 7 nitrogen and oxygen atoms in total. The third-order valence-corrected chi connectivity index (χ3v) is 4.62. The third kappa shape index (κ3) is 2.57. The number of H-pyrrole nitrogens is 1. The van der Waals surface area contributed by atoms with Crippen LogP contribution in [-0.2, 0) is 4.74 Å². The van der Waals surface area contributed by atoms with Gasteiger partial charge < -0.3 is 14.4 Å². The molecule has 2 saturated heterocycles. The zero-order valence-corrected chi connectivity index (χ0v) is 12.6. The molecule has 0 aromatic carbocycles. The van der Waals surface area contributed by atoms with Crippen LogP contribution < -0.4 is 4.74 Å². The van der Waals surface area contributed by atoms with E-state index in [2.05, 4.69) is 15.2 Å². The molecule has 4 heterocycles. The highest BCUT2D eigenvalue weighted by atomic mass is 16.5. The molecule has 2 fully saturated rings. The van der Waals surface area contributed by atoms with Crippen LogP contribution in [0.5, 0.6) is 5.75 Å². The van der Waals surface area contributed by atoms with Gasteiger partial charge in [0, 0.05) is 24.9 Å². The van der Waals surface area contributed by atoms with Crippen molar-refractivity contribution in [2.75, 3.05) is 26.3 Å². The number of pyridine rings is 1. The quantitative estimate of drug-likeness (QED) is 0.914. The van der Waals surface area contributed by atoms with Gasteiger partial charge in [-0.25, -0.2) is 0 Å². The summed E-state index contributed by atoms with van der Waals surface area (Å²) in [6, 6.07) is 5.43. The minimum Gasteiger partial charge on any atom is -0.492 e. The van der Waals surface area contributed by atoms with Crippen LogP contribution in [0.25, 0.3) is 0 Å². The number of carbonyl (C=O) groups is 1. The first-order valence-electron chi connectivity index (χ1n) is 7.72. The van der Waals surface area contributed by atoms with E-state index in [9.17, 15) is 4.79 Å². The molecule has 0 bridgehead atoms. The number of hydrogen-bond donors (Lipinski definition) is 1. The van der Waals surface area contributed by atoms with Gasteiger partial charge in [0.1, 0.15) is 17.0 Å². The Morgan fingerprint density at radius 2 is 2.35 bits per heavy atom. The molecular weight excluding hydrogens is 296 g/mol. The van der Waals surface area contributed by atoms with Crippen molar-refractivity contribution in [3.8, 4) is 5.75 Å². The zero-order valence-electron chi connectivity index (χ0n) is 12.6. The molecule has 2 aliphatic heterocycles. The van der Waals surface area contributed by atoms with E-state index in [0.29, 0.717) is 32.0 Å². The maximum absolute atomic E-state index is 12.3. The van der Waals surface area contributed by atoms with E-state index in [0.717, 1.165) is 12.2 Å². The number of ether oxygens (including phenoxy) is 2. The first kappa shape index (κ1) is 14.2. The van der Waals surface area contributed by atoms with Gasteiger partial charge in [-0.2, -0.15) is 5.10 Å². The lowest BCUT2D eigenvalue weighted by Gasteiger charge is -2.49. The Hall–Kier alpha value is -2.41. The molecule has 7 heteroatoms. The van der Waals surface area contributed by atoms with Crippen molar-refractivity contribution < 1.29 is 14.3 Å². The third-order valence-electron chi connectivity index (χ3n) is 4.62. The van der Waals surface area contributed by atoms with E-state index < -0.39 is 0 Å². The number of carbonyl (C=O) groups excluding carboxylic acids is 1. The van der Waals surface area contributed by atoms with Crippen molar-refractivity contribution in [1.29, 1.82) is 0 Å². The summed E-state index contributed by atoms with van der Waals surface area (Å²) >= 11 is 0. The van der Waals surface area contributed by atoms with Gasteiger partial charge in [-0.05, 0) is 24.6 Å². The molecule has 0 aliphatic carbocycles. The molecule has 1 amide bonds. The average Bonchev–Trinajstić information content (AvgIpc) is 3.21. The molecule has 0 saturated carbocycles. The van der Waals surface area contributed by atoms with E-state index in [1.54, 1.807) is 29.6 Å². The van der Waals surface area contributed by atoms with Crippen molar-refractivity contribution in [1.82, 2.24) is 20.1 Å². The first-order valence-corrected chi connectivity index (χ1v) is 7.72. The van der Waals surface area contributed by atoms with Crippen molar-refractivity contribution in [3.63, 3.8) is 0 Å². The van der Waals surface area contributed by atoms with Crippen molar-refractivity contribution >= 4 is 5.91 Å². The maximum Gasteiger partial charge on any atom is 0.272 e. The molecular formula is C16H18N4O3. The fourth-order valence-corrected chi connectivity index (χ4v) is 3.29. The summed E-state index contributed by atoms with van der Waals surface area (Å²) in [6.07, 6.45) is 5.96. The van der Waals surface area contributed by atoms with Crippen LogP contribution in [0.2, 0.25) is 0 Å². The lowest BCUT2D eigenvalue weighted by molar-refractivity contribution is -0.122. The summed E-state index contributed by atoms with van der Waals surface area (Å²) in [5.74, 6) is 1.02. The maximum atomic E-state index is 12.3. The minimum atomic E-state index is -0.266. The van der Waals surface area contributed by atoms with Crippen molar-refractivity contribution in [2.45, 2.75) is 12.0 Å². The van der Waals surface area contributed by atoms with Crippen LogP contribution in [0.3, 0.4) is 0 Å². The molecule has 2 aliphatic rings. The summed E-state index contributed by atoms with van der Waals surface area (Å²) in [5, 5.41) is 6.53. The van der Waals surface area contributed by atoms with Gasteiger partial charge in [0.05, 0.1) is 25.9 Å². The van der Waals surface area contributed by atoms with Crippen LogP contribution in [0.15, 0.2) is 36.8 Å². The monoisotopic (exact) mass is 314 g/mol. The molecule has 1 unspecified atom stereocenters. The fourth-order valence-electron chi connectivity index (χ4n) is 3.29. The summed E-state index contributed by atoms with van der Waals surface area (Å²) in [7, 11) is 0. The topological polar surface area (TPSA) is 80.3 Å². The van der Waals surface area contributed by atoms with Crippen LogP contribution in [0, 0.1) is 5.92 Å². The predicted octanol–water partition coefficient (Wildman–Crippen LogP) is 1.11. The highest BCUT2D eigenvalue weighted by Crippen LogP contribution is 2.40. The van der Waals surface area contributed by atoms with Gasteiger partial charge in [0.15, 0.2) is 0 Å². The second-order valence-electron chi connectivity index (χ2n) is 6.03. The molecule has 1 spiro atoms. The lowest BCUT2D eigenvalue weighted by Crippen LogP contribution is -2.66. The van der Waals surface area contributed by atoms with E-state index in [1.807, 2.05) is 12.1 Å². The normalized spacial score (nSPS) is 22.1. The number of aromatic amines is 1. The summed E-state index contributed by atoms with van der Waals surface area (Å²) in [6.45, 7) is 2.50. The van der Waals surface area contributed by atoms with Gasteiger partial charge in [-0.3, -0.25) is 14.9 Å². The number of rotatable bonds is 4. The SMILES string of the molecule is O=C(c1ccn[nH]1)N1CC2(C1)OCCC2COc1cccnc1. The van der Waals surface area contributed by atoms with Crippen molar-refractivity contribution in [3.05, 3.63) is 42.5 Å². The fraction of sp³-hybridized carbons (Fsp3) is 0.438. The van der Waals surface area contributed by atoms with E-state index in [4.69, 9.17) is 9.47 Å². The molecule has 1 atom stereocenters. The molecule has 4 rings (SSSR count). The second-order valence-corrected chi connectivity index (χ2v) is 6.03. The Kier molecular flexibility index (Phi) is 3.49. The predicted molar refractivity (Wildman–Crippen MR) is 81.0 cm³/mol. The van der Waals surface area contributed by atoms with E-state index in [-0.39, 0.29) is 17.4 Å².